The van der Waals surface area contributed by atoms with Crippen molar-refractivity contribution in [3.8, 4) is 0 Å². The molecule has 1 aromatic heterocycles. The number of thiazole rings is 1. The number of allylic oxidation sites excluding steroid dienone is 1. The molecule has 3 aromatic carbocycles. The smallest absolute Gasteiger partial charge is 0.279 e. The van der Waals surface area contributed by atoms with E-state index in [1.54, 1.807) is 0 Å². The van der Waals surface area contributed by atoms with Crippen molar-refractivity contribution in [2.75, 3.05) is 0 Å². The predicted molar refractivity (Wildman–Crippen MR) is 112 cm³/mol. The molecule has 1 amide bonds. The molecule has 5 heteroatoms. The molecule has 0 saturated heterocycles. The van der Waals surface area contributed by atoms with Gasteiger partial charge in [0.05, 0.1) is 10.2 Å². The van der Waals surface area contributed by atoms with Gasteiger partial charge in [0.2, 0.25) is 0 Å². The topological polar surface area (TPSA) is 34.4 Å². The van der Waals surface area contributed by atoms with Crippen molar-refractivity contribution in [1.82, 2.24) is 4.57 Å². The Balaban J connectivity index is 1.84. The largest absolute Gasteiger partial charge is 0.312 e. The first-order valence-electron chi connectivity index (χ1n) is 8.13. The Labute approximate surface area is 163 Å². The van der Waals surface area contributed by atoms with Crippen LogP contribution in [0, 0.1) is 0 Å². The summed E-state index contributed by atoms with van der Waals surface area (Å²) in [5.74, 6) is -0.237. The van der Waals surface area contributed by atoms with E-state index >= 15 is 0 Å². The second-order valence-corrected chi connectivity index (χ2v) is 7.80. The fraction of sp³-hybridized carbons (Fsp3) is 0.0476. The molecule has 4 rings (SSSR count). The van der Waals surface area contributed by atoms with Gasteiger partial charge in [-0.1, -0.05) is 63.7 Å². The molecule has 0 N–H and O–H groups in total. The van der Waals surface area contributed by atoms with E-state index in [2.05, 4.69) is 27.5 Å². The van der Waals surface area contributed by atoms with Crippen LogP contribution < -0.4 is 4.80 Å². The number of rotatable bonds is 3. The molecule has 0 aliphatic rings. The molecular formula is C21H15BrN2OS. The van der Waals surface area contributed by atoms with Crippen molar-refractivity contribution in [2.24, 2.45) is 4.99 Å². The molecule has 0 unspecified atom stereocenters. The average molecular weight is 423 g/mol. The number of carbonyl (C=O) groups excluding carboxylic acids is 1. The normalized spacial score (nSPS) is 12.0. The zero-order valence-corrected chi connectivity index (χ0v) is 16.3. The van der Waals surface area contributed by atoms with E-state index in [1.807, 2.05) is 71.3 Å². The fourth-order valence-corrected chi connectivity index (χ4v) is 4.50. The Morgan fingerprint density at radius 3 is 2.73 bits per heavy atom. The number of aromatic nitrogens is 1. The van der Waals surface area contributed by atoms with Gasteiger partial charge in [-0.2, -0.15) is 4.99 Å². The zero-order valence-electron chi connectivity index (χ0n) is 13.9. The molecule has 3 nitrogen and oxygen atoms in total. The van der Waals surface area contributed by atoms with Crippen LogP contribution in [0.5, 0.6) is 0 Å². The second kappa shape index (κ2) is 7.02. The van der Waals surface area contributed by atoms with E-state index in [1.165, 1.54) is 11.3 Å². The van der Waals surface area contributed by atoms with E-state index < -0.39 is 0 Å². The molecule has 0 aliphatic heterocycles. The minimum absolute atomic E-state index is 0.237. The van der Waals surface area contributed by atoms with E-state index in [-0.39, 0.29) is 5.91 Å². The van der Waals surface area contributed by atoms with Crippen LogP contribution in [-0.4, -0.2) is 10.5 Å². The summed E-state index contributed by atoms with van der Waals surface area (Å²) in [5, 5.41) is 2.14. The van der Waals surface area contributed by atoms with Crippen molar-refractivity contribution in [3.63, 3.8) is 0 Å². The highest BCUT2D eigenvalue weighted by Gasteiger charge is 2.09. The van der Waals surface area contributed by atoms with Crippen LogP contribution in [0.3, 0.4) is 0 Å². The molecule has 1 heterocycles. The maximum atomic E-state index is 12.7. The fourth-order valence-electron chi connectivity index (χ4n) is 2.91. The van der Waals surface area contributed by atoms with Crippen molar-refractivity contribution in [3.05, 3.63) is 88.2 Å². The summed E-state index contributed by atoms with van der Waals surface area (Å²) < 4.78 is 4.09. The maximum Gasteiger partial charge on any atom is 0.279 e. The number of carbonyl (C=O) groups is 1. The highest BCUT2D eigenvalue weighted by Crippen LogP contribution is 2.22. The number of nitrogens with zero attached hydrogens (tertiary/aromatic N) is 2. The molecule has 0 saturated carbocycles. The van der Waals surface area contributed by atoms with E-state index in [0.717, 1.165) is 25.5 Å². The molecular weight excluding hydrogens is 408 g/mol. The summed E-state index contributed by atoms with van der Waals surface area (Å²) in [5.41, 5.74) is 1.63. The number of hydrogen-bond donors (Lipinski definition) is 0. The molecule has 0 fully saturated rings. The van der Waals surface area contributed by atoms with Gasteiger partial charge in [-0.25, -0.2) is 0 Å². The highest BCUT2D eigenvalue weighted by molar-refractivity contribution is 9.10. The Kier molecular flexibility index (Phi) is 4.57. The van der Waals surface area contributed by atoms with Gasteiger partial charge in [0, 0.05) is 16.6 Å². The minimum atomic E-state index is -0.237. The van der Waals surface area contributed by atoms with Gasteiger partial charge in [0.15, 0.2) is 4.80 Å². The number of fused-ring (bicyclic) bond motifs is 2. The van der Waals surface area contributed by atoms with Crippen LogP contribution in [0.1, 0.15) is 10.4 Å². The van der Waals surface area contributed by atoms with E-state index in [0.29, 0.717) is 16.9 Å². The lowest BCUT2D eigenvalue weighted by Crippen LogP contribution is -2.16. The third kappa shape index (κ3) is 3.16. The Bertz CT molecular complexity index is 1220. The second-order valence-electron chi connectivity index (χ2n) is 5.87. The van der Waals surface area contributed by atoms with E-state index in [4.69, 9.17) is 0 Å². The number of benzene rings is 3. The van der Waals surface area contributed by atoms with Crippen molar-refractivity contribution < 1.29 is 4.79 Å². The summed E-state index contributed by atoms with van der Waals surface area (Å²) in [7, 11) is 0. The Hall–Kier alpha value is -2.50. The van der Waals surface area contributed by atoms with Gasteiger partial charge in [-0.15, -0.1) is 6.58 Å². The number of halogens is 1. The van der Waals surface area contributed by atoms with Gasteiger partial charge in [0.25, 0.3) is 5.91 Å². The summed E-state index contributed by atoms with van der Waals surface area (Å²) >= 11 is 5.00. The Morgan fingerprint density at radius 2 is 1.92 bits per heavy atom. The van der Waals surface area contributed by atoms with Gasteiger partial charge in [-0.3, -0.25) is 4.79 Å². The minimum Gasteiger partial charge on any atom is -0.312 e. The number of amides is 1. The van der Waals surface area contributed by atoms with Crippen LogP contribution in [0.25, 0.3) is 21.0 Å². The first-order valence-corrected chi connectivity index (χ1v) is 9.74. The van der Waals surface area contributed by atoms with Gasteiger partial charge < -0.3 is 4.57 Å². The predicted octanol–water partition coefficient (Wildman–Crippen LogP) is 5.55. The standard InChI is InChI=1S/C21H15BrN2OS/c1-2-11-24-18-10-9-17(22)13-19(18)26-21(24)23-20(25)16-8-7-14-5-3-4-6-15(14)12-16/h2-10,12-13H,1,11H2. The van der Waals surface area contributed by atoms with Crippen LogP contribution in [0.4, 0.5) is 0 Å². The molecule has 0 radical (unpaired) electrons. The summed E-state index contributed by atoms with van der Waals surface area (Å²) in [6.45, 7) is 4.42. The van der Waals surface area contributed by atoms with Crippen molar-refractivity contribution in [2.45, 2.75) is 6.54 Å². The van der Waals surface area contributed by atoms with Crippen molar-refractivity contribution in [1.29, 1.82) is 0 Å². The quantitative estimate of drug-likeness (QED) is 0.398. The maximum absolute atomic E-state index is 12.7. The lowest BCUT2D eigenvalue weighted by Gasteiger charge is -2.02. The lowest BCUT2D eigenvalue weighted by molar-refractivity contribution is 0.0998. The molecule has 0 atom stereocenters. The van der Waals surface area contributed by atoms with Gasteiger partial charge in [-0.05, 0) is 41.1 Å². The monoisotopic (exact) mass is 422 g/mol. The third-order valence-electron chi connectivity index (χ3n) is 4.15. The number of hydrogen-bond acceptors (Lipinski definition) is 2. The van der Waals surface area contributed by atoms with E-state index in [9.17, 15) is 4.79 Å². The summed E-state index contributed by atoms with van der Waals surface area (Å²) in [4.78, 5) is 17.8. The third-order valence-corrected chi connectivity index (χ3v) is 5.68. The summed E-state index contributed by atoms with van der Waals surface area (Å²) in [6.07, 6.45) is 1.81. The first kappa shape index (κ1) is 16.9. The SMILES string of the molecule is C=CCn1c(=NC(=O)c2ccc3ccccc3c2)sc2cc(Br)ccc21. The molecule has 0 spiro atoms. The van der Waals surface area contributed by atoms with Crippen molar-refractivity contribution >= 4 is 54.2 Å². The molecule has 26 heavy (non-hydrogen) atoms. The summed E-state index contributed by atoms with van der Waals surface area (Å²) in [6, 6.07) is 19.7. The lowest BCUT2D eigenvalue weighted by atomic mass is 10.1. The zero-order chi connectivity index (χ0) is 18.1. The van der Waals surface area contributed by atoms with Crippen LogP contribution in [0.2, 0.25) is 0 Å². The van der Waals surface area contributed by atoms with Gasteiger partial charge >= 0.3 is 0 Å². The molecule has 128 valence electrons. The van der Waals surface area contributed by atoms with Crippen LogP contribution >= 0.6 is 27.3 Å². The first-order chi connectivity index (χ1) is 12.7. The van der Waals surface area contributed by atoms with Crippen LogP contribution in [0.15, 0.2) is 82.8 Å². The Morgan fingerprint density at radius 1 is 1.12 bits per heavy atom. The molecule has 0 aliphatic carbocycles. The molecule has 4 aromatic rings. The molecule has 0 bridgehead atoms. The highest BCUT2D eigenvalue weighted by atomic mass is 79.9. The van der Waals surface area contributed by atoms with Gasteiger partial charge in [0.1, 0.15) is 0 Å². The van der Waals surface area contributed by atoms with Crippen LogP contribution in [-0.2, 0) is 6.54 Å². The average Bonchev–Trinajstić information content (AvgIpc) is 2.98.